The van der Waals surface area contributed by atoms with Crippen molar-refractivity contribution in [2.75, 3.05) is 0 Å². The molecule has 1 nitrogen and oxygen atoms in total. The van der Waals surface area contributed by atoms with Gasteiger partial charge in [0.25, 0.3) is 0 Å². The van der Waals surface area contributed by atoms with E-state index in [0.29, 0.717) is 0 Å². The van der Waals surface area contributed by atoms with Gasteiger partial charge >= 0.3 is 0 Å². The van der Waals surface area contributed by atoms with E-state index in [9.17, 15) is 0 Å². The molecule has 5 aromatic rings. The minimum atomic E-state index is 0.894. The molecule has 0 unspecified atom stereocenters. The molecule has 0 aliphatic heterocycles. The van der Waals surface area contributed by atoms with Gasteiger partial charge in [-0.3, -0.25) is 0 Å². The molecule has 4 aromatic carbocycles. The number of rotatable bonds is 1. The summed E-state index contributed by atoms with van der Waals surface area (Å²) in [6.07, 6.45) is 0.986. The zero-order chi connectivity index (χ0) is 17.1. The summed E-state index contributed by atoms with van der Waals surface area (Å²) in [4.78, 5) is 0. The fourth-order valence-corrected chi connectivity index (χ4v) is 4.21. The second-order valence-electron chi connectivity index (χ2n) is 6.88. The molecule has 6 rings (SSSR count). The molecule has 121 valence electrons. The van der Waals surface area contributed by atoms with Gasteiger partial charge in [-0.2, -0.15) is 0 Å². The van der Waals surface area contributed by atoms with Gasteiger partial charge in [-0.15, -0.1) is 0 Å². The Kier molecular flexibility index (Phi) is 2.72. The monoisotopic (exact) mass is 331 g/mol. The Morgan fingerprint density at radius 3 is 2.46 bits per heavy atom. The summed E-state index contributed by atoms with van der Waals surface area (Å²) in [5.74, 6) is 0. The van der Waals surface area contributed by atoms with Gasteiger partial charge < -0.3 is 4.42 Å². The van der Waals surface area contributed by atoms with Crippen molar-refractivity contribution in [1.29, 1.82) is 0 Å². The minimum Gasteiger partial charge on any atom is -0.456 e. The third-order valence-corrected chi connectivity index (χ3v) is 5.42. The van der Waals surface area contributed by atoms with E-state index in [2.05, 4.69) is 72.8 Å². The van der Waals surface area contributed by atoms with E-state index in [1.165, 1.54) is 27.8 Å². The molecule has 1 aliphatic carbocycles. The van der Waals surface area contributed by atoms with Crippen LogP contribution in [0.15, 0.2) is 83.3 Å². The van der Waals surface area contributed by atoms with Gasteiger partial charge in [-0.1, -0.05) is 60.7 Å². The lowest BCUT2D eigenvalue weighted by atomic mass is 9.95. The highest BCUT2D eigenvalue weighted by atomic mass is 16.3. The molecular weight excluding hydrogens is 316 g/mol. The number of fused-ring (bicyclic) bond motifs is 6. The van der Waals surface area contributed by atoms with Gasteiger partial charge in [0, 0.05) is 16.8 Å². The van der Waals surface area contributed by atoms with E-state index in [1.807, 2.05) is 12.1 Å². The van der Waals surface area contributed by atoms with Crippen LogP contribution in [0, 0.1) is 6.07 Å². The topological polar surface area (TPSA) is 13.1 Å². The van der Waals surface area contributed by atoms with Gasteiger partial charge in [-0.25, -0.2) is 0 Å². The van der Waals surface area contributed by atoms with E-state index in [0.717, 1.165) is 33.9 Å². The van der Waals surface area contributed by atoms with Crippen molar-refractivity contribution in [3.63, 3.8) is 0 Å². The van der Waals surface area contributed by atoms with Crippen LogP contribution in [0.2, 0.25) is 0 Å². The molecule has 1 aromatic heterocycles. The van der Waals surface area contributed by atoms with Crippen molar-refractivity contribution in [3.8, 4) is 22.3 Å². The molecule has 1 aliphatic rings. The SMILES string of the molecule is [c]1c(-c2cccc3c2Cc2ccccc2-3)ccc2oc3ccccc3c12. The third-order valence-electron chi connectivity index (χ3n) is 5.42. The summed E-state index contributed by atoms with van der Waals surface area (Å²) in [5.41, 5.74) is 9.73. The molecule has 1 radical (unpaired) electrons. The molecule has 0 saturated heterocycles. The average molecular weight is 331 g/mol. The standard InChI is InChI=1S/C25H15O/c1-2-7-18-16(6-1)14-22-19(9-5-10-20(18)22)17-12-13-25-23(15-17)21-8-3-4-11-24(21)26-25/h1-13H,14H2. The van der Waals surface area contributed by atoms with Crippen molar-refractivity contribution in [3.05, 3.63) is 96.1 Å². The first-order valence-electron chi connectivity index (χ1n) is 8.92. The van der Waals surface area contributed by atoms with Gasteiger partial charge in [0.05, 0.1) is 0 Å². The largest absolute Gasteiger partial charge is 0.456 e. The Balaban J connectivity index is 1.60. The van der Waals surface area contributed by atoms with Crippen LogP contribution >= 0.6 is 0 Å². The van der Waals surface area contributed by atoms with E-state index >= 15 is 0 Å². The Morgan fingerprint density at radius 2 is 1.46 bits per heavy atom. The van der Waals surface area contributed by atoms with Gasteiger partial charge in [0.15, 0.2) is 0 Å². The number of hydrogen-bond acceptors (Lipinski definition) is 1. The highest BCUT2D eigenvalue weighted by Crippen LogP contribution is 2.42. The molecule has 0 bridgehead atoms. The summed E-state index contributed by atoms with van der Waals surface area (Å²) in [5, 5.41) is 2.19. The van der Waals surface area contributed by atoms with Crippen LogP contribution in [-0.2, 0) is 6.42 Å². The normalized spacial score (nSPS) is 12.5. The number of benzene rings is 4. The zero-order valence-electron chi connectivity index (χ0n) is 14.1. The van der Waals surface area contributed by atoms with Crippen LogP contribution in [0.25, 0.3) is 44.2 Å². The van der Waals surface area contributed by atoms with Crippen molar-refractivity contribution in [2.45, 2.75) is 6.42 Å². The Bertz CT molecular complexity index is 1310. The third kappa shape index (κ3) is 1.86. The molecule has 0 saturated carbocycles. The van der Waals surface area contributed by atoms with E-state index in [1.54, 1.807) is 0 Å². The predicted molar refractivity (Wildman–Crippen MR) is 106 cm³/mol. The summed E-state index contributed by atoms with van der Waals surface area (Å²) in [7, 11) is 0. The highest BCUT2D eigenvalue weighted by Gasteiger charge is 2.21. The molecule has 0 fully saturated rings. The maximum Gasteiger partial charge on any atom is 0.136 e. The van der Waals surface area contributed by atoms with Crippen molar-refractivity contribution < 1.29 is 4.42 Å². The van der Waals surface area contributed by atoms with Crippen molar-refractivity contribution in [2.24, 2.45) is 0 Å². The predicted octanol–water partition coefficient (Wildman–Crippen LogP) is 6.62. The van der Waals surface area contributed by atoms with Gasteiger partial charge in [0.2, 0.25) is 0 Å². The summed E-state index contributed by atoms with van der Waals surface area (Å²) >= 11 is 0. The van der Waals surface area contributed by atoms with Gasteiger partial charge in [-0.05, 0) is 58.0 Å². The van der Waals surface area contributed by atoms with Crippen LogP contribution in [-0.4, -0.2) is 0 Å². The van der Waals surface area contributed by atoms with Crippen molar-refractivity contribution >= 4 is 21.9 Å². The maximum absolute atomic E-state index is 5.96. The van der Waals surface area contributed by atoms with Crippen molar-refractivity contribution in [1.82, 2.24) is 0 Å². The van der Waals surface area contributed by atoms with Crippen LogP contribution in [0.1, 0.15) is 11.1 Å². The first-order valence-corrected chi connectivity index (χ1v) is 8.92. The summed E-state index contributed by atoms with van der Waals surface area (Å²) in [6.45, 7) is 0. The lowest BCUT2D eigenvalue weighted by Gasteiger charge is -2.09. The number of hydrogen-bond donors (Lipinski definition) is 0. The lowest BCUT2D eigenvalue weighted by molar-refractivity contribution is 0.669. The fourth-order valence-electron chi connectivity index (χ4n) is 4.21. The molecule has 1 heterocycles. The highest BCUT2D eigenvalue weighted by molar-refractivity contribution is 6.06. The minimum absolute atomic E-state index is 0.894. The first-order chi connectivity index (χ1) is 12.9. The maximum atomic E-state index is 5.96. The zero-order valence-corrected chi connectivity index (χ0v) is 14.1. The molecule has 0 N–H and O–H groups in total. The lowest BCUT2D eigenvalue weighted by Crippen LogP contribution is -1.88. The molecule has 26 heavy (non-hydrogen) atoms. The fraction of sp³-hybridized carbons (Fsp3) is 0.0400. The van der Waals surface area contributed by atoms with E-state index in [-0.39, 0.29) is 0 Å². The smallest absolute Gasteiger partial charge is 0.136 e. The molecule has 0 atom stereocenters. The second kappa shape index (κ2) is 5.09. The van der Waals surface area contributed by atoms with Crippen LogP contribution in [0.4, 0.5) is 0 Å². The quantitative estimate of drug-likeness (QED) is 0.330. The number of furan rings is 1. The number of para-hydroxylation sites is 1. The van der Waals surface area contributed by atoms with E-state index in [4.69, 9.17) is 4.42 Å². The van der Waals surface area contributed by atoms with Gasteiger partial charge in [0.1, 0.15) is 11.2 Å². The van der Waals surface area contributed by atoms with Crippen LogP contribution < -0.4 is 0 Å². The molecular formula is C25H15O. The van der Waals surface area contributed by atoms with E-state index < -0.39 is 0 Å². The van der Waals surface area contributed by atoms with Crippen LogP contribution in [0.3, 0.4) is 0 Å². The Morgan fingerprint density at radius 1 is 0.654 bits per heavy atom. The Labute approximate surface area is 151 Å². The first kappa shape index (κ1) is 13.9. The average Bonchev–Trinajstić information content (AvgIpc) is 3.25. The summed E-state index contributed by atoms with van der Waals surface area (Å²) in [6, 6.07) is 31.3. The molecule has 0 amide bonds. The second-order valence-corrected chi connectivity index (χ2v) is 6.88. The molecule has 0 spiro atoms. The Hall–Kier alpha value is -3.32. The summed E-state index contributed by atoms with van der Waals surface area (Å²) < 4.78 is 5.96. The van der Waals surface area contributed by atoms with Crippen LogP contribution in [0.5, 0.6) is 0 Å². The molecule has 1 heteroatoms.